The Hall–Kier alpha value is -3.54. The summed E-state index contributed by atoms with van der Waals surface area (Å²) in [5.74, 6) is -0.166. The van der Waals surface area contributed by atoms with Gasteiger partial charge in [-0.05, 0) is 35.7 Å². The molecule has 0 spiro atoms. The number of ether oxygens (including phenoxy) is 2. The minimum absolute atomic E-state index is 0.0771. The van der Waals surface area contributed by atoms with Gasteiger partial charge in [0.2, 0.25) is 0 Å². The number of aromatic amines is 1. The third kappa shape index (κ3) is 5.29. The molecule has 0 saturated heterocycles. The van der Waals surface area contributed by atoms with Gasteiger partial charge in [-0.1, -0.05) is 43.3 Å². The van der Waals surface area contributed by atoms with Crippen LogP contribution in [0.1, 0.15) is 30.4 Å². The Morgan fingerprint density at radius 3 is 2.63 bits per heavy atom. The van der Waals surface area contributed by atoms with E-state index in [0.29, 0.717) is 6.54 Å². The van der Waals surface area contributed by atoms with Gasteiger partial charge in [0.1, 0.15) is 5.75 Å². The van der Waals surface area contributed by atoms with Gasteiger partial charge in [0.05, 0.1) is 7.11 Å². The molecule has 0 bridgehead atoms. The van der Waals surface area contributed by atoms with Crippen molar-refractivity contribution in [3.63, 3.8) is 0 Å². The molecule has 6 nitrogen and oxygen atoms in total. The Morgan fingerprint density at radius 2 is 1.90 bits per heavy atom. The fraction of sp³-hybridized carbons (Fsp3) is 0.250. The van der Waals surface area contributed by atoms with Crippen LogP contribution in [0.5, 0.6) is 5.75 Å². The van der Waals surface area contributed by atoms with E-state index in [1.165, 1.54) is 6.08 Å². The number of aromatic nitrogens is 1. The first kappa shape index (κ1) is 21.2. The molecule has 0 aliphatic heterocycles. The minimum atomic E-state index is -0.518. The van der Waals surface area contributed by atoms with Gasteiger partial charge >= 0.3 is 5.97 Å². The van der Waals surface area contributed by atoms with Crippen LogP contribution in [0.25, 0.3) is 10.9 Å². The van der Waals surface area contributed by atoms with Gasteiger partial charge in [-0.2, -0.15) is 0 Å². The Bertz CT molecular complexity index is 1020. The van der Waals surface area contributed by atoms with E-state index in [1.54, 1.807) is 13.2 Å². The van der Waals surface area contributed by atoms with E-state index < -0.39 is 5.97 Å². The predicted molar refractivity (Wildman–Crippen MR) is 117 cm³/mol. The second-order valence-corrected chi connectivity index (χ2v) is 6.84. The number of benzene rings is 2. The number of H-pyrrole nitrogens is 1. The minimum Gasteiger partial charge on any atom is -0.497 e. The second kappa shape index (κ2) is 10.3. The Labute approximate surface area is 175 Å². The normalized spacial score (nSPS) is 12.1. The van der Waals surface area contributed by atoms with Crippen molar-refractivity contribution in [3.05, 3.63) is 78.0 Å². The van der Waals surface area contributed by atoms with Crippen molar-refractivity contribution >= 4 is 22.8 Å². The van der Waals surface area contributed by atoms with Crippen LogP contribution in [0.2, 0.25) is 0 Å². The third-order valence-corrected chi connectivity index (χ3v) is 4.85. The highest BCUT2D eigenvalue weighted by Crippen LogP contribution is 2.31. The zero-order valence-electron chi connectivity index (χ0n) is 17.2. The number of allylic oxidation sites excluding steroid dienone is 1. The zero-order valence-corrected chi connectivity index (χ0v) is 17.2. The maximum absolute atomic E-state index is 12.3. The Kier molecular flexibility index (Phi) is 7.27. The number of hydrogen-bond donors (Lipinski definition) is 2. The van der Waals surface area contributed by atoms with E-state index in [1.807, 2.05) is 55.6 Å². The van der Waals surface area contributed by atoms with E-state index in [-0.39, 0.29) is 18.4 Å². The van der Waals surface area contributed by atoms with E-state index in [4.69, 9.17) is 9.47 Å². The van der Waals surface area contributed by atoms with Crippen LogP contribution in [0.3, 0.4) is 0 Å². The number of carbonyl (C=O) groups is 2. The fourth-order valence-electron chi connectivity index (χ4n) is 3.29. The van der Waals surface area contributed by atoms with Crippen LogP contribution in [0.4, 0.5) is 0 Å². The van der Waals surface area contributed by atoms with E-state index in [2.05, 4.69) is 16.4 Å². The Balaban J connectivity index is 1.75. The van der Waals surface area contributed by atoms with Gasteiger partial charge in [0, 0.05) is 35.6 Å². The van der Waals surface area contributed by atoms with Gasteiger partial charge in [0.25, 0.3) is 5.91 Å². The van der Waals surface area contributed by atoms with Crippen molar-refractivity contribution in [1.82, 2.24) is 10.3 Å². The molecular formula is C24H26N2O4. The largest absolute Gasteiger partial charge is 0.497 e. The van der Waals surface area contributed by atoms with E-state index in [9.17, 15) is 9.59 Å². The number of rotatable bonds is 9. The molecule has 1 atom stereocenters. The number of carbonyl (C=O) groups excluding carboxylic acids is 2. The van der Waals surface area contributed by atoms with Crippen LogP contribution < -0.4 is 10.1 Å². The first-order valence-electron chi connectivity index (χ1n) is 9.92. The zero-order chi connectivity index (χ0) is 21.3. The second-order valence-electron chi connectivity index (χ2n) is 6.84. The van der Waals surface area contributed by atoms with Crippen LogP contribution in [-0.4, -0.2) is 37.1 Å². The number of methoxy groups -OCH3 is 1. The summed E-state index contributed by atoms with van der Waals surface area (Å²) in [5.41, 5.74) is 3.16. The van der Waals surface area contributed by atoms with Gasteiger partial charge < -0.3 is 19.8 Å². The van der Waals surface area contributed by atoms with Crippen molar-refractivity contribution in [3.8, 4) is 5.75 Å². The summed E-state index contributed by atoms with van der Waals surface area (Å²) in [5, 5.41) is 3.99. The van der Waals surface area contributed by atoms with E-state index >= 15 is 0 Å². The first-order valence-corrected chi connectivity index (χ1v) is 9.92. The molecule has 2 aromatic carbocycles. The molecule has 0 aliphatic rings. The van der Waals surface area contributed by atoms with Crippen molar-refractivity contribution < 1.29 is 19.1 Å². The van der Waals surface area contributed by atoms with Gasteiger partial charge in [0.15, 0.2) is 6.61 Å². The highest BCUT2D eigenvalue weighted by Gasteiger charge is 2.19. The van der Waals surface area contributed by atoms with Gasteiger partial charge in [-0.15, -0.1) is 0 Å². The van der Waals surface area contributed by atoms with Crippen LogP contribution >= 0.6 is 0 Å². The van der Waals surface area contributed by atoms with Gasteiger partial charge in [-0.3, -0.25) is 4.79 Å². The highest BCUT2D eigenvalue weighted by molar-refractivity contribution is 5.86. The number of para-hydroxylation sites is 1. The molecular weight excluding hydrogens is 380 g/mol. The topological polar surface area (TPSA) is 80.4 Å². The average molecular weight is 406 g/mol. The van der Waals surface area contributed by atoms with Crippen molar-refractivity contribution in [2.75, 3.05) is 20.3 Å². The molecule has 3 rings (SSSR count). The molecule has 1 heterocycles. The summed E-state index contributed by atoms with van der Waals surface area (Å²) >= 11 is 0. The molecule has 0 radical (unpaired) electrons. The third-order valence-electron chi connectivity index (χ3n) is 4.85. The Morgan fingerprint density at radius 1 is 1.13 bits per heavy atom. The van der Waals surface area contributed by atoms with Crippen molar-refractivity contribution in [2.24, 2.45) is 0 Å². The SMILES string of the molecule is CC/C=C/C(=O)OCC(=O)NC[C@@H](c1ccc(OC)cc1)c1c[nH]c2ccccc12. The lowest BCUT2D eigenvalue weighted by atomic mass is 9.91. The lowest BCUT2D eigenvalue weighted by Gasteiger charge is -2.18. The number of nitrogens with one attached hydrogen (secondary N) is 2. The molecule has 30 heavy (non-hydrogen) atoms. The molecule has 1 amide bonds. The number of hydrogen-bond acceptors (Lipinski definition) is 4. The molecule has 1 aromatic heterocycles. The average Bonchev–Trinajstić information content (AvgIpc) is 3.21. The lowest BCUT2D eigenvalue weighted by molar-refractivity contribution is -0.143. The summed E-state index contributed by atoms with van der Waals surface area (Å²) in [6, 6.07) is 15.8. The highest BCUT2D eigenvalue weighted by atomic mass is 16.5. The van der Waals surface area contributed by atoms with Crippen LogP contribution in [0.15, 0.2) is 66.9 Å². The molecule has 0 unspecified atom stereocenters. The monoisotopic (exact) mass is 406 g/mol. The quantitative estimate of drug-likeness (QED) is 0.417. The maximum atomic E-state index is 12.3. The maximum Gasteiger partial charge on any atom is 0.330 e. The lowest BCUT2D eigenvalue weighted by Crippen LogP contribution is -2.32. The summed E-state index contributed by atoms with van der Waals surface area (Å²) in [6.45, 7) is 1.98. The smallest absolute Gasteiger partial charge is 0.330 e. The first-order chi connectivity index (χ1) is 14.6. The van der Waals surface area contributed by atoms with Crippen LogP contribution in [-0.2, 0) is 14.3 Å². The molecule has 156 valence electrons. The standard InChI is InChI=1S/C24H26N2O4/c1-3-4-9-24(28)30-16-23(27)26-14-20(17-10-12-18(29-2)13-11-17)21-15-25-22-8-6-5-7-19(21)22/h4-13,15,20,25H,3,14,16H2,1-2H3,(H,26,27)/b9-4+/t20-/m0/s1. The molecule has 0 aliphatic carbocycles. The summed E-state index contributed by atoms with van der Waals surface area (Å²) in [6.07, 6.45) is 5.73. The number of esters is 1. The number of amides is 1. The number of fused-ring (bicyclic) bond motifs is 1. The van der Waals surface area contributed by atoms with E-state index in [0.717, 1.165) is 34.2 Å². The molecule has 0 fully saturated rings. The molecule has 2 N–H and O–H groups in total. The summed E-state index contributed by atoms with van der Waals surface area (Å²) in [4.78, 5) is 27.1. The fourth-order valence-corrected chi connectivity index (χ4v) is 3.29. The van der Waals surface area contributed by atoms with Gasteiger partial charge in [-0.25, -0.2) is 4.79 Å². The summed E-state index contributed by atoms with van der Waals surface area (Å²) < 4.78 is 10.2. The molecule has 0 saturated carbocycles. The molecule has 3 aromatic rings. The summed E-state index contributed by atoms with van der Waals surface area (Å²) in [7, 11) is 1.63. The van der Waals surface area contributed by atoms with Crippen molar-refractivity contribution in [2.45, 2.75) is 19.3 Å². The predicted octanol–water partition coefficient (Wildman–Crippen LogP) is 3.93. The van der Waals surface area contributed by atoms with Crippen LogP contribution in [0, 0.1) is 0 Å². The van der Waals surface area contributed by atoms with Crippen molar-refractivity contribution in [1.29, 1.82) is 0 Å². The molecule has 6 heteroatoms.